The molecule has 0 spiro atoms. The molecule has 8 heteroatoms. The number of hydrogen-bond acceptors (Lipinski definition) is 5. The van der Waals surface area contributed by atoms with E-state index in [1.54, 1.807) is 42.3 Å². The maximum absolute atomic E-state index is 13.4. The quantitative estimate of drug-likeness (QED) is 0.452. The van der Waals surface area contributed by atoms with Crippen LogP contribution in [0, 0.1) is 13.8 Å². The van der Waals surface area contributed by atoms with Crippen LogP contribution in [0.2, 0.25) is 0 Å². The van der Waals surface area contributed by atoms with Gasteiger partial charge in [0.1, 0.15) is 11.5 Å². The number of fused-ring (bicyclic) bond motifs is 2. The topological polar surface area (TPSA) is 104 Å². The molecule has 0 bridgehead atoms. The summed E-state index contributed by atoms with van der Waals surface area (Å²) in [5, 5.41) is 12.8. The number of aryl methyl sites for hydroxylation is 1. The van der Waals surface area contributed by atoms with Crippen LogP contribution in [0.25, 0.3) is 5.65 Å². The number of carbonyl (C=O) groups excluding carboxylic acids is 1. The van der Waals surface area contributed by atoms with Crippen LogP contribution >= 0.6 is 0 Å². The third kappa shape index (κ3) is 3.73. The molecule has 0 radical (unpaired) electrons. The van der Waals surface area contributed by atoms with E-state index >= 15 is 0 Å². The monoisotopic (exact) mass is 468 g/mol. The first-order chi connectivity index (χ1) is 16.8. The molecule has 2 aromatic carbocycles. The Morgan fingerprint density at radius 3 is 2.54 bits per heavy atom. The zero-order chi connectivity index (χ0) is 24.9. The minimum atomic E-state index is -1.03. The maximum Gasteiger partial charge on any atom is 0.337 e. The lowest BCUT2D eigenvalue weighted by atomic mass is 10.1. The highest BCUT2D eigenvalue weighted by Crippen LogP contribution is 2.31. The fourth-order valence-corrected chi connectivity index (χ4v) is 4.60. The van der Waals surface area contributed by atoms with Crippen LogP contribution in [0.15, 0.2) is 65.6 Å². The lowest BCUT2D eigenvalue weighted by Crippen LogP contribution is -2.30. The zero-order valence-electron chi connectivity index (χ0n) is 19.6. The number of carboxylic acids is 1. The Hall–Kier alpha value is -4.46. The second kappa shape index (κ2) is 8.39. The number of amides is 1. The number of aromatic nitrogens is 2. The number of hydrogen-bond donors (Lipinski definition) is 2. The highest BCUT2D eigenvalue weighted by Gasteiger charge is 2.31. The molecule has 5 rings (SSSR count). The van der Waals surface area contributed by atoms with Gasteiger partial charge < -0.3 is 10.4 Å². The second-order valence-corrected chi connectivity index (χ2v) is 8.80. The van der Waals surface area contributed by atoms with Crippen LogP contribution in [0.1, 0.15) is 55.9 Å². The van der Waals surface area contributed by atoms with Gasteiger partial charge in [-0.3, -0.25) is 18.9 Å². The van der Waals surface area contributed by atoms with E-state index in [2.05, 4.69) is 5.32 Å². The van der Waals surface area contributed by atoms with Crippen molar-refractivity contribution in [2.24, 2.45) is 0 Å². The highest BCUT2D eigenvalue weighted by molar-refractivity contribution is 6.09. The first kappa shape index (κ1) is 22.3. The summed E-state index contributed by atoms with van der Waals surface area (Å²) in [6.45, 7) is 5.80. The van der Waals surface area contributed by atoms with Crippen LogP contribution in [0.5, 0.6) is 0 Å². The SMILES string of the molecule is Cc1cc(C(C)Nc2ccccc2C(=O)O)c2nc(N3Cc4ccccc4C3=O)c(C)c(=O)n2c1. The summed E-state index contributed by atoms with van der Waals surface area (Å²) in [5.41, 5.74) is 4.24. The minimum absolute atomic E-state index is 0.151. The Balaban J connectivity index is 1.64. The largest absolute Gasteiger partial charge is 0.478 e. The average molecular weight is 469 g/mol. The second-order valence-electron chi connectivity index (χ2n) is 8.80. The molecule has 35 heavy (non-hydrogen) atoms. The smallest absolute Gasteiger partial charge is 0.337 e. The summed E-state index contributed by atoms with van der Waals surface area (Å²) in [7, 11) is 0. The lowest BCUT2D eigenvalue weighted by Gasteiger charge is -2.22. The molecule has 8 nitrogen and oxygen atoms in total. The number of aromatic carboxylic acids is 1. The number of nitrogens with zero attached hydrogens (tertiary/aromatic N) is 3. The molecule has 1 amide bonds. The fraction of sp³-hybridized carbons (Fsp3) is 0.185. The summed E-state index contributed by atoms with van der Waals surface area (Å²) in [6, 6.07) is 15.6. The summed E-state index contributed by atoms with van der Waals surface area (Å²) >= 11 is 0. The van der Waals surface area contributed by atoms with Crippen LogP contribution in [-0.2, 0) is 6.54 Å². The fourth-order valence-electron chi connectivity index (χ4n) is 4.60. The Morgan fingerprint density at radius 1 is 1.09 bits per heavy atom. The van der Waals surface area contributed by atoms with Gasteiger partial charge >= 0.3 is 5.97 Å². The summed E-state index contributed by atoms with van der Waals surface area (Å²) in [6.07, 6.45) is 1.73. The number of para-hydroxylation sites is 1. The predicted octanol–water partition coefficient (Wildman–Crippen LogP) is 4.34. The number of anilines is 2. The number of benzene rings is 2. The zero-order valence-corrected chi connectivity index (χ0v) is 19.6. The van der Waals surface area contributed by atoms with E-state index in [4.69, 9.17) is 4.98 Å². The molecular weight excluding hydrogens is 444 g/mol. The Morgan fingerprint density at radius 2 is 1.80 bits per heavy atom. The number of carbonyl (C=O) groups is 2. The lowest BCUT2D eigenvalue weighted by molar-refractivity contribution is 0.0697. The molecular formula is C27H24N4O4. The van der Waals surface area contributed by atoms with E-state index in [1.165, 1.54) is 10.5 Å². The van der Waals surface area contributed by atoms with Gasteiger partial charge in [0.25, 0.3) is 11.5 Å². The molecule has 0 saturated carbocycles. The standard InChI is InChI=1S/C27H24N4O4/c1-15-12-21(17(3)28-22-11-7-6-10-20(22)27(34)35)24-29-23(16(2)25(32)30(24)13-15)31-14-18-8-4-5-9-19(18)26(31)33/h4-13,17,28H,14H2,1-3H3,(H,34,35). The van der Waals surface area contributed by atoms with Gasteiger partial charge in [-0.05, 0) is 56.2 Å². The molecule has 1 atom stereocenters. The Bertz CT molecular complexity index is 1570. The van der Waals surface area contributed by atoms with E-state index in [9.17, 15) is 19.5 Å². The van der Waals surface area contributed by atoms with Gasteiger partial charge in [-0.25, -0.2) is 9.78 Å². The summed E-state index contributed by atoms with van der Waals surface area (Å²) < 4.78 is 1.50. The van der Waals surface area contributed by atoms with Gasteiger partial charge in [0, 0.05) is 23.0 Å². The van der Waals surface area contributed by atoms with Crippen molar-refractivity contribution in [3.05, 3.63) is 105 Å². The molecule has 2 aromatic heterocycles. The third-order valence-corrected chi connectivity index (χ3v) is 6.36. The van der Waals surface area contributed by atoms with Crippen molar-refractivity contribution >= 4 is 29.0 Å². The van der Waals surface area contributed by atoms with Gasteiger partial charge in [-0.2, -0.15) is 0 Å². The highest BCUT2D eigenvalue weighted by atomic mass is 16.4. The molecule has 2 N–H and O–H groups in total. The number of nitrogens with one attached hydrogen (secondary N) is 1. The van der Waals surface area contributed by atoms with Gasteiger partial charge in [0.05, 0.1) is 23.7 Å². The first-order valence-corrected chi connectivity index (χ1v) is 11.3. The van der Waals surface area contributed by atoms with Gasteiger partial charge in [0.15, 0.2) is 0 Å². The number of rotatable bonds is 5. The van der Waals surface area contributed by atoms with Crippen molar-refractivity contribution in [1.82, 2.24) is 9.38 Å². The average Bonchev–Trinajstić information content (AvgIpc) is 3.17. The summed E-state index contributed by atoms with van der Waals surface area (Å²) in [5.74, 6) is -0.886. The van der Waals surface area contributed by atoms with Crippen molar-refractivity contribution < 1.29 is 14.7 Å². The number of carboxylic acid groups (broad SMARTS) is 1. The van der Waals surface area contributed by atoms with E-state index < -0.39 is 5.97 Å². The van der Waals surface area contributed by atoms with Gasteiger partial charge in [0.2, 0.25) is 0 Å². The van der Waals surface area contributed by atoms with Crippen LogP contribution in [0.4, 0.5) is 11.5 Å². The van der Waals surface area contributed by atoms with Crippen LogP contribution in [-0.4, -0.2) is 26.4 Å². The first-order valence-electron chi connectivity index (χ1n) is 11.3. The van der Waals surface area contributed by atoms with Crippen molar-refractivity contribution in [2.75, 3.05) is 10.2 Å². The Kier molecular flexibility index (Phi) is 5.36. The normalized spacial score (nSPS) is 13.7. The number of pyridine rings is 1. The van der Waals surface area contributed by atoms with Crippen molar-refractivity contribution in [3.8, 4) is 0 Å². The van der Waals surface area contributed by atoms with Crippen LogP contribution < -0.4 is 15.8 Å². The molecule has 0 aliphatic carbocycles. The van der Waals surface area contributed by atoms with Crippen LogP contribution in [0.3, 0.4) is 0 Å². The predicted molar refractivity (Wildman–Crippen MR) is 133 cm³/mol. The third-order valence-electron chi connectivity index (χ3n) is 6.36. The molecule has 1 aliphatic heterocycles. The molecule has 3 heterocycles. The van der Waals surface area contributed by atoms with Crippen molar-refractivity contribution in [2.45, 2.75) is 33.4 Å². The molecule has 0 fully saturated rings. The maximum atomic E-state index is 13.4. The van der Waals surface area contributed by atoms with Crippen molar-refractivity contribution in [1.29, 1.82) is 0 Å². The molecule has 0 saturated heterocycles. The molecule has 4 aromatic rings. The van der Waals surface area contributed by atoms with Crippen molar-refractivity contribution in [3.63, 3.8) is 0 Å². The molecule has 176 valence electrons. The summed E-state index contributed by atoms with van der Waals surface area (Å²) in [4.78, 5) is 44.6. The Labute approximate surface area is 201 Å². The van der Waals surface area contributed by atoms with E-state index in [-0.39, 0.29) is 23.1 Å². The minimum Gasteiger partial charge on any atom is -0.478 e. The van der Waals surface area contributed by atoms with E-state index in [0.29, 0.717) is 40.4 Å². The molecule has 1 unspecified atom stereocenters. The molecule has 1 aliphatic rings. The van der Waals surface area contributed by atoms with Gasteiger partial charge in [-0.15, -0.1) is 0 Å². The van der Waals surface area contributed by atoms with E-state index in [1.807, 2.05) is 38.1 Å². The van der Waals surface area contributed by atoms with Gasteiger partial charge in [-0.1, -0.05) is 30.3 Å². The van der Waals surface area contributed by atoms with E-state index in [0.717, 1.165) is 11.1 Å².